The van der Waals surface area contributed by atoms with Crippen molar-refractivity contribution in [3.63, 3.8) is 0 Å². The van der Waals surface area contributed by atoms with Crippen LogP contribution in [0.1, 0.15) is 94.6 Å². The van der Waals surface area contributed by atoms with E-state index in [2.05, 4.69) is 25.1 Å². The Labute approximate surface area is 205 Å². The summed E-state index contributed by atoms with van der Waals surface area (Å²) in [5.41, 5.74) is 2.73. The molecule has 3 N–H and O–H groups in total. The standard InChI is InChI=1S/C29H46O5/c1-29-14-13-24-23-12-11-22(34-19-33-2)17-21(23)16-20(10-8-6-4-3-5-7-9-15-30)27(24)25(29)18-26(31)28(29)32/h11-12,17,20,24-28,30-32H,3-10,13-16,18-19H2,1-2H3/t20-,24-,25+,26+,27-,28+,29+/m1/s1. The van der Waals surface area contributed by atoms with Crippen LogP contribution in [0.5, 0.6) is 5.75 Å². The number of aliphatic hydroxyl groups is 3. The minimum absolute atomic E-state index is 0.162. The third-order valence-electron chi connectivity index (χ3n) is 9.42. The predicted octanol–water partition coefficient (Wildman–Crippen LogP) is 5.20. The first-order valence-electron chi connectivity index (χ1n) is 13.7. The zero-order valence-corrected chi connectivity index (χ0v) is 21.3. The second-order valence-electron chi connectivity index (χ2n) is 11.4. The van der Waals surface area contributed by atoms with Gasteiger partial charge in [-0.05, 0) is 90.9 Å². The zero-order valence-electron chi connectivity index (χ0n) is 21.3. The number of ether oxygens (including phenoxy) is 2. The van der Waals surface area contributed by atoms with E-state index in [1.807, 2.05) is 0 Å². The predicted molar refractivity (Wildman–Crippen MR) is 134 cm³/mol. The average molecular weight is 475 g/mol. The van der Waals surface area contributed by atoms with Crippen LogP contribution in [0.25, 0.3) is 0 Å². The number of fused-ring (bicyclic) bond motifs is 5. The van der Waals surface area contributed by atoms with Crippen LogP contribution in [0.3, 0.4) is 0 Å². The Hall–Kier alpha value is -1.14. The highest BCUT2D eigenvalue weighted by atomic mass is 16.7. The van der Waals surface area contributed by atoms with Crippen LogP contribution in [0.15, 0.2) is 18.2 Å². The molecule has 0 aliphatic heterocycles. The molecule has 0 amide bonds. The second-order valence-corrected chi connectivity index (χ2v) is 11.4. The normalized spacial score (nSPS) is 34.4. The van der Waals surface area contributed by atoms with Gasteiger partial charge in [-0.25, -0.2) is 0 Å². The van der Waals surface area contributed by atoms with Crippen LogP contribution in [0.4, 0.5) is 0 Å². The molecule has 0 heterocycles. The number of hydrogen-bond acceptors (Lipinski definition) is 5. The van der Waals surface area contributed by atoms with Gasteiger partial charge in [0.15, 0.2) is 6.79 Å². The molecule has 0 saturated heterocycles. The van der Waals surface area contributed by atoms with Crippen molar-refractivity contribution in [3.05, 3.63) is 29.3 Å². The highest BCUT2D eigenvalue weighted by Crippen LogP contribution is 2.62. The number of aliphatic hydroxyl groups excluding tert-OH is 3. The highest BCUT2D eigenvalue weighted by molar-refractivity contribution is 5.41. The third kappa shape index (κ3) is 5.33. The molecule has 0 spiro atoms. The summed E-state index contributed by atoms with van der Waals surface area (Å²) in [4.78, 5) is 0. The lowest BCUT2D eigenvalue weighted by Crippen LogP contribution is -2.47. The van der Waals surface area contributed by atoms with E-state index in [9.17, 15) is 10.2 Å². The molecule has 0 radical (unpaired) electrons. The Morgan fingerprint density at radius 2 is 1.76 bits per heavy atom. The van der Waals surface area contributed by atoms with Crippen LogP contribution >= 0.6 is 0 Å². The number of rotatable bonds is 12. The van der Waals surface area contributed by atoms with E-state index >= 15 is 0 Å². The fourth-order valence-electron chi connectivity index (χ4n) is 7.66. The molecule has 7 atom stereocenters. The van der Waals surface area contributed by atoms with E-state index in [1.165, 1.54) is 49.7 Å². The van der Waals surface area contributed by atoms with Crippen LogP contribution in [-0.2, 0) is 11.2 Å². The van der Waals surface area contributed by atoms with Gasteiger partial charge < -0.3 is 24.8 Å². The summed E-state index contributed by atoms with van der Waals surface area (Å²) in [6.07, 6.45) is 12.3. The Morgan fingerprint density at radius 3 is 2.50 bits per heavy atom. The summed E-state index contributed by atoms with van der Waals surface area (Å²) >= 11 is 0. The van der Waals surface area contributed by atoms with Crippen molar-refractivity contribution in [3.8, 4) is 5.75 Å². The molecule has 3 aliphatic rings. The Balaban J connectivity index is 1.48. The van der Waals surface area contributed by atoms with Crippen LogP contribution in [0.2, 0.25) is 0 Å². The number of hydrogen-bond donors (Lipinski definition) is 3. The van der Waals surface area contributed by atoms with E-state index in [-0.39, 0.29) is 12.2 Å². The van der Waals surface area contributed by atoms with E-state index in [0.717, 1.165) is 44.3 Å². The quantitative estimate of drug-likeness (QED) is 0.287. The molecule has 5 heteroatoms. The van der Waals surface area contributed by atoms with E-state index in [0.29, 0.717) is 30.3 Å². The summed E-state index contributed by atoms with van der Waals surface area (Å²) in [6.45, 7) is 2.81. The lowest BCUT2D eigenvalue weighted by molar-refractivity contribution is -0.0598. The Kier molecular flexibility index (Phi) is 8.95. The van der Waals surface area contributed by atoms with Gasteiger partial charge in [0.05, 0.1) is 12.2 Å². The summed E-state index contributed by atoms with van der Waals surface area (Å²) in [5, 5.41) is 30.5. The monoisotopic (exact) mass is 474 g/mol. The van der Waals surface area contributed by atoms with Gasteiger partial charge in [0.25, 0.3) is 0 Å². The first-order chi connectivity index (χ1) is 16.5. The SMILES string of the molecule is COCOc1ccc2c(c1)C[C@@H](CCCCCCCCCO)[C@@H]1[C@@H]2CC[C@]2(C)[C@@H](O)[C@@H](O)C[C@@H]12. The van der Waals surface area contributed by atoms with Crippen LogP contribution < -0.4 is 4.74 Å². The number of benzene rings is 1. The molecule has 0 aromatic heterocycles. The fourth-order valence-corrected chi connectivity index (χ4v) is 7.66. The molecule has 34 heavy (non-hydrogen) atoms. The topological polar surface area (TPSA) is 79.2 Å². The van der Waals surface area contributed by atoms with Crippen molar-refractivity contribution in [2.24, 2.45) is 23.2 Å². The molecule has 2 fully saturated rings. The molecule has 0 bridgehead atoms. The lowest BCUT2D eigenvalue weighted by Gasteiger charge is -2.53. The Bertz CT molecular complexity index is 782. The summed E-state index contributed by atoms with van der Waals surface area (Å²) in [5.74, 6) is 2.91. The molecule has 192 valence electrons. The maximum absolute atomic E-state index is 10.9. The molecule has 2 saturated carbocycles. The zero-order chi connectivity index (χ0) is 24.1. The molecule has 1 aromatic rings. The number of unbranched alkanes of at least 4 members (excludes halogenated alkanes) is 6. The van der Waals surface area contributed by atoms with E-state index in [1.54, 1.807) is 7.11 Å². The molecule has 4 rings (SSSR count). The molecular weight excluding hydrogens is 428 g/mol. The first-order valence-corrected chi connectivity index (χ1v) is 13.7. The molecule has 3 aliphatic carbocycles. The van der Waals surface area contributed by atoms with Gasteiger partial charge in [-0.3, -0.25) is 0 Å². The summed E-state index contributed by atoms with van der Waals surface area (Å²) in [6, 6.07) is 6.58. The van der Waals surface area contributed by atoms with Crippen LogP contribution in [-0.4, -0.2) is 48.0 Å². The summed E-state index contributed by atoms with van der Waals surface area (Å²) in [7, 11) is 1.65. The van der Waals surface area contributed by atoms with Crippen molar-refractivity contribution in [2.45, 2.75) is 102 Å². The molecule has 5 nitrogen and oxygen atoms in total. The van der Waals surface area contributed by atoms with Gasteiger partial charge in [-0.1, -0.05) is 51.5 Å². The largest absolute Gasteiger partial charge is 0.468 e. The lowest BCUT2D eigenvalue weighted by atomic mass is 9.52. The maximum atomic E-state index is 10.9. The van der Waals surface area contributed by atoms with Gasteiger partial charge in [0.2, 0.25) is 0 Å². The second kappa shape index (κ2) is 11.7. The molecule has 1 aromatic carbocycles. The average Bonchev–Trinajstić information content (AvgIpc) is 3.07. The highest BCUT2D eigenvalue weighted by Gasteiger charge is 2.59. The van der Waals surface area contributed by atoms with Crippen molar-refractivity contribution >= 4 is 0 Å². The van der Waals surface area contributed by atoms with Crippen molar-refractivity contribution < 1.29 is 24.8 Å². The minimum atomic E-state index is -0.593. The van der Waals surface area contributed by atoms with Gasteiger partial charge >= 0.3 is 0 Å². The van der Waals surface area contributed by atoms with Gasteiger partial charge in [0, 0.05) is 13.7 Å². The summed E-state index contributed by atoms with van der Waals surface area (Å²) < 4.78 is 10.9. The Morgan fingerprint density at radius 1 is 1.03 bits per heavy atom. The minimum Gasteiger partial charge on any atom is -0.468 e. The van der Waals surface area contributed by atoms with E-state index < -0.39 is 12.2 Å². The van der Waals surface area contributed by atoms with Gasteiger partial charge in [0.1, 0.15) is 5.75 Å². The van der Waals surface area contributed by atoms with Gasteiger partial charge in [-0.15, -0.1) is 0 Å². The number of methoxy groups -OCH3 is 1. The van der Waals surface area contributed by atoms with Crippen molar-refractivity contribution in [2.75, 3.05) is 20.5 Å². The molecule has 0 unspecified atom stereocenters. The van der Waals surface area contributed by atoms with E-state index in [4.69, 9.17) is 14.6 Å². The van der Waals surface area contributed by atoms with Crippen LogP contribution in [0, 0.1) is 23.2 Å². The smallest absolute Gasteiger partial charge is 0.188 e. The fraction of sp³-hybridized carbons (Fsp3) is 0.793. The van der Waals surface area contributed by atoms with Crippen molar-refractivity contribution in [1.82, 2.24) is 0 Å². The molecular formula is C29H46O5. The maximum Gasteiger partial charge on any atom is 0.188 e. The van der Waals surface area contributed by atoms with Crippen molar-refractivity contribution in [1.29, 1.82) is 0 Å². The third-order valence-corrected chi connectivity index (χ3v) is 9.42. The van der Waals surface area contributed by atoms with Gasteiger partial charge in [-0.2, -0.15) is 0 Å². The first kappa shape index (κ1) is 25.9.